The molecule has 0 bridgehead atoms. The molecule has 1 rings (SSSR count). The predicted octanol–water partition coefficient (Wildman–Crippen LogP) is 2.31. The molecule has 0 amide bonds. The van der Waals surface area contributed by atoms with E-state index in [4.69, 9.17) is 0 Å². The van der Waals surface area contributed by atoms with Gasteiger partial charge in [0.1, 0.15) is 0 Å². The van der Waals surface area contributed by atoms with Crippen LogP contribution in [-0.2, 0) is 6.54 Å². The Labute approximate surface area is 90.5 Å². The summed E-state index contributed by atoms with van der Waals surface area (Å²) in [6.07, 6.45) is 4.93. The summed E-state index contributed by atoms with van der Waals surface area (Å²) in [4.78, 5) is 3.98. The van der Waals surface area contributed by atoms with Crippen LogP contribution in [-0.4, -0.2) is 23.0 Å². The highest BCUT2D eigenvalue weighted by Gasteiger charge is 1.91. The summed E-state index contributed by atoms with van der Waals surface area (Å²) in [7, 11) is 0. The molecule has 0 unspecified atom stereocenters. The maximum Gasteiger partial charge on any atom is 0.0271 e. The molecule has 0 aromatic carbocycles. The first-order valence-electron chi connectivity index (χ1n) is 5.11. The van der Waals surface area contributed by atoms with Gasteiger partial charge >= 0.3 is 0 Å². The Morgan fingerprint density at radius 1 is 1.36 bits per heavy atom. The van der Waals surface area contributed by atoms with Crippen molar-refractivity contribution in [3.8, 4) is 0 Å². The fourth-order valence-electron chi connectivity index (χ4n) is 1.18. The Balaban J connectivity index is 1.99. The van der Waals surface area contributed by atoms with Gasteiger partial charge in [-0.3, -0.25) is 4.98 Å². The zero-order valence-electron chi connectivity index (χ0n) is 8.70. The summed E-state index contributed by atoms with van der Waals surface area (Å²) in [5, 5.41) is 3.42. The first-order valence-corrected chi connectivity index (χ1v) is 6.26. The molecule has 0 spiro atoms. The number of rotatable bonds is 7. The van der Waals surface area contributed by atoms with E-state index in [0.717, 1.165) is 13.1 Å². The van der Waals surface area contributed by atoms with Crippen LogP contribution in [0.15, 0.2) is 24.5 Å². The van der Waals surface area contributed by atoms with E-state index in [0.29, 0.717) is 0 Å². The van der Waals surface area contributed by atoms with Gasteiger partial charge in [0.25, 0.3) is 0 Å². The normalized spacial score (nSPS) is 10.4. The standard InChI is InChI=1S/C11H18N2S/c1-2-14-9-3-6-13-10-11-4-7-12-8-5-11/h4-5,7-8,13H,2-3,6,9-10H2,1H3. The van der Waals surface area contributed by atoms with E-state index in [9.17, 15) is 0 Å². The quantitative estimate of drug-likeness (QED) is 0.699. The molecule has 2 nitrogen and oxygen atoms in total. The van der Waals surface area contributed by atoms with Crippen molar-refractivity contribution in [3.63, 3.8) is 0 Å². The summed E-state index contributed by atoms with van der Waals surface area (Å²) >= 11 is 2.00. The highest BCUT2D eigenvalue weighted by molar-refractivity contribution is 7.99. The van der Waals surface area contributed by atoms with Gasteiger partial charge in [-0.1, -0.05) is 6.92 Å². The number of aromatic nitrogens is 1. The van der Waals surface area contributed by atoms with E-state index in [-0.39, 0.29) is 0 Å². The minimum atomic E-state index is 0.958. The number of pyridine rings is 1. The number of thioether (sulfide) groups is 1. The molecule has 78 valence electrons. The zero-order valence-corrected chi connectivity index (χ0v) is 9.52. The van der Waals surface area contributed by atoms with Gasteiger partial charge in [-0.15, -0.1) is 0 Å². The number of hydrogen-bond acceptors (Lipinski definition) is 3. The van der Waals surface area contributed by atoms with Crippen LogP contribution in [0.1, 0.15) is 18.9 Å². The highest BCUT2D eigenvalue weighted by Crippen LogP contribution is 2.00. The van der Waals surface area contributed by atoms with E-state index in [1.54, 1.807) is 0 Å². The lowest BCUT2D eigenvalue weighted by Crippen LogP contribution is -2.15. The molecule has 0 fully saturated rings. The molecule has 0 aliphatic heterocycles. The molecule has 1 N–H and O–H groups in total. The molecule has 0 saturated heterocycles. The fraction of sp³-hybridized carbons (Fsp3) is 0.545. The van der Waals surface area contributed by atoms with E-state index >= 15 is 0 Å². The molecular weight excluding hydrogens is 192 g/mol. The Morgan fingerprint density at radius 3 is 2.86 bits per heavy atom. The Bertz CT molecular complexity index is 226. The monoisotopic (exact) mass is 210 g/mol. The molecule has 0 saturated carbocycles. The number of nitrogens with zero attached hydrogens (tertiary/aromatic N) is 1. The second-order valence-corrected chi connectivity index (χ2v) is 4.48. The topological polar surface area (TPSA) is 24.9 Å². The van der Waals surface area contributed by atoms with Gasteiger partial charge < -0.3 is 5.32 Å². The van der Waals surface area contributed by atoms with Crippen LogP contribution in [0.3, 0.4) is 0 Å². The third-order valence-electron chi connectivity index (χ3n) is 1.92. The first kappa shape index (κ1) is 11.5. The van der Waals surface area contributed by atoms with Gasteiger partial charge in [0.05, 0.1) is 0 Å². The van der Waals surface area contributed by atoms with Crippen molar-refractivity contribution in [1.29, 1.82) is 0 Å². The minimum absolute atomic E-state index is 0.958. The van der Waals surface area contributed by atoms with Crippen molar-refractivity contribution in [1.82, 2.24) is 10.3 Å². The lowest BCUT2D eigenvalue weighted by Gasteiger charge is -2.03. The van der Waals surface area contributed by atoms with Crippen LogP contribution in [0.4, 0.5) is 0 Å². The average Bonchev–Trinajstić information content (AvgIpc) is 2.25. The summed E-state index contributed by atoms with van der Waals surface area (Å²) < 4.78 is 0. The maximum absolute atomic E-state index is 3.98. The molecule has 14 heavy (non-hydrogen) atoms. The van der Waals surface area contributed by atoms with Crippen LogP contribution in [0.5, 0.6) is 0 Å². The molecule has 0 radical (unpaired) electrons. The first-order chi connectivity index (χ1) is 6.93. The van der Waals surface area contributed by atoms with Crippen LogP contribution in [0.2, 0.25) is 0 Å². The van der Waals surface area contributed by atoms with Crippen molar-refractivity contribution >= 4 is 11.8 Å². The summed E-state index contributed by atoms with van der Waals surface area (Å²) in [5.41, 5.74) is 1.31. The lowest BCUT2D eigenvalue weighted by molar-refractivity contribution is 0.678. The number of nitrogens with one attached hydrogen (secondary N) is 1. The molecule has 1 aromatic rings. The second kappa shape index (κ2) is 7.83. The van der Waals surface area contributed by atoms with Crippen molar-refractivity contribution in [2.75, 3.05) is 18.1 Å². The van der Waals surface area contributed by atoms with E-state index in [1.165, 1.54) is 23.5 Å². The summed E-state index contributed by atoms with van der Waals surface area (Å²) in [5.74, 6) is 2.49. The van der Waals surface area contributed by atoms with E-state index in [2.05, 4.69) is 17.2 Å². The summed E-state index contributed by atoms with van der Waals surface area (Å²) in [6, 6.07) is 4.10. The van der Waals surface area contributed by atoms with Crippen molar-refractivity contribution in [3.05, 3.63) is 30.1 Å². The molecule has 0 aliphatic carbocycles. The van der Waals surface area contributed by atoms with Crippen LogP contribution in [0, 0.1) is 0 Å². The highest BCUT2D eigenvalue weighted by atomic mass is 32.2. The predicted molar refractivity (Wildman–Crippen MR) is 63.6 cm³/mol. The molecule has 0 atom stereocenters. The number of hydrogen-bond donors (Lipinski definition) is 1. The third kappa shape index (κ3) is 5.25. The Morgan fingerprint density at radius 2 is 2.14 bits per heavy atom. The smallest absolute Gasteiger partial charge is 0.0271 e. The van der Waals surface area contributed by atoms with Gasteiger partial charge in [0.15, 0.2) is 0 Å². The molecule has 0 aliphatic rings. The zero-order chi connectivity index (χ0) is 10.1. The Kier molecular flexibility index (Phi) is 6.45. The van der Waals surface area contributed by atoms with Crippen LogP contribution in [0.25, 0.3) is 0 Å². The summed E-state index contributed by atoms with van der Waals surface area (Å²) in [6.45, 7) is 4.27. The maximum atomic E-state index is 3.98. The van der Waals surface area contributed by atoms with Gasteiger partial charge in [-0.05, 0) is 42.2 Å². The fourth-order valence-corrected chi connectivity index (χ4v) is 1.81. The molecular formula is C11H18N2S. The third-order valence-corrected chi connectivity index (χ3v) is 2.91. The molecule has 1 heterocycles. The van der Waals surface area contributed by atoms with E-state index < -0.39 is 0 Å². The SMILES string of the molecule is CCSCCCNCc1ccncc1. The average molecular weight is 210 g/mol. The van der Waals surface area contributed by atoms with Gasteiger partial charge in [0.2, 0.25) is 0 Å². The Hall–Kier alpha value is -0.540. The second-order valence-electron chi connectivity index (χ2n) is 3.08. The van der Waals surface area contributed by atoms with Gasteiger partial charge in [-0.25, -0.2) is 0 Å². The van der Waals surface area contributed by atoms with Crippen molar-refractivity contribution in [2.45, 2.75) is 19.9 Å². The van der Waals surface area contributed by atoms with Gasteiger partial charge in [0, 0.05) is 18.9 Å². The minimum Gasteiger partial charge on any atom is -0.313 e. The van der Waals surface area contributed by atoms with Crippen molar-refractivity contribution in [2.24, 2.45) is 0 Å². The largest absolute Gasteiger partial charge is 0.313 e. The van der Waals surface area contributed by atoms with Crippen LogP contribution >= 0.6 is 11.8 Å². The molecule has 1 aromatic heterocycles. The van der Waals surface area contributed by atoms with Gasteiger partial charge in [-0.2, -0.15) is 11.8 Å². The van der Waals surface area contributed by atoms with Crippen molar-refractivity contribution < 1.29 is 0 Å². The molecule has 3 heteroatoms. The lowest BCUT2D eigenvalue weighted by atomic mass is 10.3. The van der Waals surface area contributed by atoms with E-state index in [1.807, 2.05) is 36.3 Å². The van der Waals surface area contributed by atoms with Crippen LogP contribution < -0.4 is 5.32 Å².